The van der Waals surface area contributed by atoms with Gasteiger partial charge in [-0.2, -0.15) is 0 Å². The molecule has 2 rings (SSSR count). The summed E-state index contributed by atoms with van der Waals surface area (Å²) in [5.41, 5.74) is 2.91. The number of halogens is 2. The summed E-state index contributed by atoms with van der Waals surface area (Å²) in [6.07, 6.45) is 0.848. The highest BCUT2D eigenvalue weighted by Crippen LogP contribution is 2.29. The summed E-state index contributed by atoms with van der Waals surface area (Å²) in [6, 6.07) is 13.6. The van der Waals surface area contributed by atoms with Crippen molar-refractivity contribution in [1.29, 1.82) is 0 Å². The van der Waals surface area contributed by atoms with Crippen molar-refractivity contribution in [3.8, 4) is 11.1 Å². The fraction of sp³-hybridized carbons (Fsp3) is 0. The molecule has 0 aliphatic heterocycles. The highest BCUT2D eigenvalue weighted by molar-refractivity contribution is 9.13. The van der Waals surface area contributed by atoms with Gasteiger partial charge in [-0.05, 0) is 55.1 Å². The van der Waals surface area contributed by atoms with E-state index >= 15 is 0 Å². The molecule has 0 fully saturated rings. The van der Waals surface area contributed by atoms with E-state index in [4.69, 9.17) is 0 Å². The lowest BCUT2D eigenvalue weighted by molar-refractivity contribution is 0.112. The van der Waals surface area contributed by atoms with Crippen LogP contribution in [0.3, 0.4) is 0 Å². The Morgan fingerprint density at radius 1 is 0.812 bits per heavy atom. The van der Waals surface area contributed by atoms with Crippen molar-refractivity contribution < 1.29 is 4.79 Å². The molecule has 80 valence electrons. The quantitative estimate of drug-likeness (QED) is 0.725. The Kier molecular flexibility index (Phi) is 3.56. The second-order valence-corrected chi connectivity index (χ2v) is 5.08. The van der Waals surface area contributed by atoms with E-state index < -0.39 is 0 Å². The maximum atomic E-state index is 10.5. The van der Waals surface area contributed by atoms with Gasteiger partial charge in [0.25, 0.3) is 0 Å². The standard InChI is InChI=1S/C13H8Br2O/c14-12-6-5-11(7-13(12)15)10-3-1-9(8-16)2-4-10/h1-8H. The summed E-state index contributed by atoms with van der Waals surface area (Å²) >= 11 is 6.90. The van der Waals surface area contributed by atoms with E-state index in [0.717, 1.165) is 26.4 Å². The monoisotopic (exact) mass is 338 g/mol. The predicted octanol–water partition coefficient (Wildman–Crippen LogP) is 4.69. The van der Waals surface area contributed by atoms with E-state index in [0.29, 0.717) is 5.56 Å². The van der Waals surface area contributed by atoms with Crippen molar-refractivity contribution in [2.24, 2.45) is 0 Å². The molecule has 0 N–H and O–H groups in total. The zero-order valence-electron chi connectivity index (χ0n) is 8.28. The molecule has 0 unspecified atom stereocenters. The molecule has 0 heterocycles. The molecule has 0 aliphatic rings. The lowest BCUT2D eigenvalue weighted by Gasteiger charge is -2.04. The number of carbonyl (C=O) groups excluding carboxylic acids is 1. The highest BCUT2D eigenvalue weighted by atomic mass is 79.9. The lowest BCUT2D eigenvalue weighted by atomic mass is 10.0. The Bertz CT molecular complexity index is 518. The van der Waals surface area contributed by atoms with Crippen LogP contribution in [0.15, 0.2) is 51.4 Å². The molecule has 2 aromatic carbocycles. The number of hydrogen-bond acceptors (Lipinski definition) is 1. The van der Waals surface area contributed by atoms with Crippen LogP contribution >= 0.6 is 31.9 Å². The Hall–Kier alpha value is -0.930. The molecular weight excluding hydrogens is 332 g/mol. The van der Waals surface area contributed by atoms with Crippen molar-refractivity contribution in [2.75, 3.05) is 0 Å². The first kappa shape index (κ1) is 11.6. The molecule has 16 heavy (non-hydrogen) atoms. The number of benzene rings is 2. The molecule has 0 aromatic heterocycles. The van der Waals surface area contributed by atoms with Gasteiger partial charge in [-0.3, -0.25) is 4.79 Å². The number of aldehydes is 1. The molecule has 0 amide bonds. The number of rotatable bonds is 2. The summed E-state index contributed by atoms with van der Waals surface area (Å²) in [5, 5.41) is 0. The summed E-state index contributed by atoms with van der Waals surface area (Å²) in [7, 11) is 0. The first-order chi connectivity index (χ1) is 7.70. The van der Waals surface area contributed by atoms with Crippen LogP contribution in [-0.2, 0) is 0 Å². The molecule has 0 aliphatic carbocycles. The normalized spacial score (nSPS) is 10.1. The van der Waals surface area contributed by atoms with E-state index in [1.54, 1.807) is 0 Å². The Labute approximate surface area is 111 Å². The van der Waals surface area contributed by atoms with Crippen molar-refractivity contribution >= 4 is 38.1 Å². The lowest BCUT2D eigenvalue weighted by Crippen LogP contribution is -1.81. The van der Waals surface area contributed by atoms with Crippen LogP contribution in [0, 0.1) is 0 Å². The van der Waals surface area contributed by atoms with Crippen molar-refractivity contribution in [2.45, 2.75) is 0 Å². The second kappa shape index (κ2) is 4.93. The van der Waals surface area contributed by atoms with Gasteiger partial charge in [0.2, 0.25) is 0 Å². The molecule has 0 spiro atoms. The van der Waals surface area contributed by atoms with Gasteiger partial charge in [0.15, 0.2) is 0 Å². The van der Waals surface area contributed by atoms with Gasteiger partial charge in [-0.25, -0.2) is 0 Å². The van der Waals surface area contributed by atoms with E-state index in [1.807, 2.05) is 42.5 Å². The minimum atomic E-state index is 0.694. The van der Waals surface area contributed by atoms with Crippen LogP contribution in [0.4, 0.5) is 0 Å². The maximum absolute atomic E-state index is 10.5. The van der Waals surface area contributed by atoms with Crippen LogP contribution in [-0.4, -0.2) is 6.29 Å². The minimum Gasteiger partial charge on any atom is -0.298 e. The fourth-order valence-electron chi connectivity index (χ4n) is 1.43. The van der Waals surface area contributed by atoms with E-state index in [9.17, 15) is 4.79 Å². The van der Waals surface area contributed by atoms with Crippen LogP contribution in [0.5, 0.6) is 0 Å². The number of hydrogen-bond donors (Lipinski definition) is 0. The largest absolute Gasteiger partial charge is 0.298 e. The smallest absolute Gasteiger partial charge is 0.150 e. The third-order valence-electron chi connectivity index (χ3n) is 2.30. The Balaban J connectivity index is 2.42. The number of carbonyl (C=O) groups is 1. The van der Waals surface area contributed by atoms with Gasteiger partial charge in [0, 0.05) is 14.5 Å². The SMILES string of the molecule is O=Cc1ccc(-c2ccc(Br)c(Br)c2)cc1. The third kappa shape index (κ3) is 2.42. The van der Waals surface area contributed by atoms with Gasteiger partial charge in [0.05, 0.1) is 0 Å². The van der Waals surface area contributed by atoms with E-state index in [2.05, 4.69) is 31.9 Å². The van der Waals surface area contributed by atoms with Crippen molar-refractivity contribution in [3.05, 3.63) is 57.0 Å². The van der Waals surface area contributed by atoms with E-state index in [1.165, 1.54) is 0 Å². The molecule has 1 nitrogen and oxygen atoms in total. The van der Waals surface area contributed by atoms with Crippen LogP contribution in [0.2, 0.25) is 0 Å². The Morgan fingerprint density at radius 2 is 1.44 bits per heavy atom. The van der Waals surface area contributed by atoms with Crippen molar-refractivity contribution in [3.63, 3.8) is 0 Å². The summed E-state index contributed by atoms with van der Waals surface area (Å²) in [6.45, 7) is 0. The van der Waals surface area contributed by atoms with Crippen LogP contribution in [0.25, 0.3) is 11.1 Å². The van der Waals surface area contributed by atoms with Crippen molar-refractivity contribution in [1.82, 2.24) is 0 Å². The Morgan fingerprint density at radius 3 is 2.00 bits per heavy atom. The molecular formula is C13H8Br2O. The minimum absolute atomic E-state index is 0.694. The molecule has 0 bridgehead atoms. The average Bonchev–Trinajstić information content (AvgIpc) is 2.33. The van der Waals surface area contributed by atoms with Gasteiger partial charge in [-0.15, -0.1) is 0 Å². The third-order valence-corrected chi connectivity index (χ3v) is 4.18. The van der Waals surface area contributed by atoms with E-state index in [-0.39, 0.29) is 0 Å². The predicted molar refractivity (Wildman–Crippen MR) is 72.7 cm³/mol. The zero-order chi connectivity index (χ0) is 11.5. The van der Waals surface area contributed by atoms with Crippen LogP contribution in [0.1, 0.15) is 10.4 Å². The molecule has 3 heteroatoms. The molecule has 0 atom stereocenters. The maximum Gasteiger partial charge on any atom is 0.150 e. The van der Waals surface area contributed by atoms with Gasteiger partial charge < -0.3 is 0 Å². The zero-order valence-corrected chi connectivity index (χ0v) is 11.5. The van der Waals surface area contributed by atoms with Gasteiger partial charge in [0.1, 0.15) is 6.29 Å². The first-order valence-corrected chi connectivity index (χ1v) is 6.30. The average molecular weight is 340 g/mol. The highest BCUT2D eigenvalue weighted by Gasteiger charge is 2.01. The summed E-state index contributed by atoms with van der Waals surface area (Å²) < 4.78 is 2.05. The molecule has 0 saturated carbocycles. The van der Waals surface area contributed by atoms with Gasteiger partial charge in [-0.1, -0.05) is 30.3 Å². The molecule has 0 radical (unpaired) electrons. The van der Waals surface area contributed by atoms with Crippen LogP contribution < -0.4 is 0 Å². The second-order valence-electron chi connectivity index (χ2n) is 3.37. The molecule has 2 aromatic rings. The summed E-state index contributed by atoms with van der Waals surface area (Å²) in [5.74, 6) is 0. The van der Waals surface area contributed by atoms with Gasteiger partial charge >= 0.3 is 0 Å². The molecule has 0 saturated heterocycles. The summed E-state index contributed by atoms with van der Waals surface area (Å²) in [4.78, 5) is 10.5. The topological polar surface area (TPSA) is 17.1 Å². The first-order valence-electron chi connectivity index (χ1n) is 4.71. The fourth-order valence-corrected chi connectivity index (χ4v) is 2.06.